The third kappa shape index (κ3) is 2.91. The molecule has 2 rings (SSSR count). The molecule has 0 aliphatic carbocycles. The second kappa shape index (κ2) is 5.93. The van der Waals surface area contributed by atoms with E-state index in [2.05, 4.69) is 27.0 Å². The maximum atomic E-state index is 9.22. The summed E-state index contributed by atoms with van der Waals surface area (Å²) in [5.41, 5.74) is 1.91. The van der Waals surface area contributed by atoms with Gasteiger partial charge in [-0.3, -0.25) is 4.98 Å². The summed E-state index contributed by atoms with van der Waals surface area (Å²) in [6.07, 6.45) is 0. The quantitative estimate of drug-likeness (QED) is 0.847. The zero-order chi connectivity index (χ0) is 14.7. The Labute approximate surface area is 126 Å². The van der Waals surface area contributed by atoms with Crippen LogP contribution in [0.2, 0.25) is 0 Å². The fourth-order valence-corrected chi connectivity index (χ4v) is 2.26. The molecule has 0 saturated heterocycles. The molecular formula is C15H13BrN2O2. The molecule has 0 bridgehead atoms. The molecule has 0 unspecified atom stereocenters. The SMILES string of the molecule is COc1ccc(Oc2cc(C)nc(C)c2C#N)c(Br)c1. The molecule has 0 spiro atoms. The van der Waals surface area contributed by atoms with E-state index in [0.717, 1.165) is 15.9 Å². The summed E-state index contributed by atoms with van der Waals surface area (Å²) in [6, 6.07) is 9.27. The molecule has 0 aliphatic rings. The maximum absolute atomic E-state index is 9.22. The average Bonchev–Trinajstić information content (AvgIpc) is 2.40. The highest BCUT2D eigenvalue weighted by Gasteiger charge is 2.12. The largest absolute Gasteiger partial charge is 0.497 e. The molecule has 20 heavy (non-hydrogen) atoms. The number of rotatable bonds is 3. The fourth-order valence-electron chi connectivity index (χ4n) is 1.82. The van der Waals surface area contributed by atoms with Crippen LogP contribution in [0.3, 0.4) is 0 Å². The van der Waals surface area contributed by atoms with Crippen molar-refractivity contribution in [2.24, 2.45) is 0 Å². The molecule has 0 saturated carbocycles. The number of aryl methyl sites for hydroxylation is 2. The lowest BCUT2D eigenvalue weighted by molar-refractivity contribution is 0.412. The first-order valence-corrected chi connectivity index (χ1v) is 6.74. The Balaban J connectivity index is 2.42. The molecule has 102 valence electrons. The lowest BCUT2D eigenvalue weighted by Crippen LogP contribution is -1.96. The van der Waals surface area contributed by atoms with E-state index in [0.29, 0.717) is 22.8 Å². The Morgan fingerprint density at radius 2 is 1.95 bits per heavy atom. The van der Waals surface area contributed by atoms with Crippen molar-refractivity contribution in [1.29, 1.82) is 5.26 Å². The van der Waals surface area contributed by atoms with Crippen molar-refractivity contribution in [3.63, 3.8) is 0 Å². The van der Waals surface area contributed by atoms with E-state index < -0.39 is 0 Å². The summed E-state index contributed by atoms with van der Waals surface area (Å²) in [7, 11) is 1.60. The topological polar surface area (TPSA) is 55.1 Å². The van der Waals surface area contributed by atoms with Gasteiger partial charge in [0.1, 0.15) is 28.9 Å². The van der Waals surface area contributed by atoms with Crippen LogP contribution in [0.5, 0.6) is 17.2 Å². The number of benzene rings is 1. The summed E-state index contributed by atoms with van der Waals surface area (Å²) >= 11 is 3.43. The van der Waals surface area contributed by atoms with Gasteiger partial charge in [-0.15, -0.1) is 0 Å². The van der Waals surface area contributed by atoms with Crippen LogP contribution >= 0.6 is 15.9 Å². The number of nitrogens with zero attached hydrogens (tertiary/aromatic N) is 2. The Kier molecular flexibility index (Phi) is 4.26. The van der Waals surface area contributed by atoms with E-state index in [1.807, 2.05) is 13.0 Å². The van der Waals surface area contributed by atoms with Crippen molar-refractivity contribution < 1.29 is 9.47 Å². The van der Waals surface area contributed by atoms with Gasteiger partial charge in [0.25, 0.3) is 0 Å². The lowest BCUT2D eigenvalue weighted by atomic mass is 10.2. The van der Waals surface area contributed by atoms with Crippen LogP contribution in [0, 0.1) is 25.2 Å². The van der Waals surface area contributed by atoms with E-state index in [9.17, 15) is 5.26 Å². The highest BCUT2D eigenvalue weighted by atomic mass is 79.9. The highest BCUT2D eigenvalue weighted by Crippen LogP contribution is 2.34. The second-order valence-electron chi connectivity index (χ2n) is 4.23. The average molecular weight is 333 g/mol. The first kappa shape index (κ1) is 14.4. The first-order valence-electron chi connectivity index (χ1n) is 5.95. The van der Waals surface area contributed by atoms with Crippen LogP contribution in [0.1, 0.15) is 17.0 Å². The third-order valence-corrected chi connectivity index (χ3v) is 3.38. The van der Waals surface area contributed by atoms with Gasteiger partial charge in [-0.1, -0.05) is 0 Å². The monoisotopic (exact) mass is 332 g/mol. The number of pyridine rings is 1. The van der Waals surface area contributed by atoms with Gasteiger partial charge < -0.3 is 9.47 Å². The van der Waals surface area contributed by atoms with Gasteiger partial charge >= 0.3 is 0 Å². The molecule has 2 aromatic rings. The van der Waals surface area contributed by atoms with Crippen LogP contribution in [-0.4, -0.2) is 12.1 Å². The molecule has 4 nitrogen and oxygen atoms in total. The smallest absolute Gasteiger partial charge is 0.148 e. The molecule has 0 atom stereocenters. The van der Waals surface area contributed by atoms with Crippen LogP contribution in [0.25, 0.3) is 0 Å². The number of halogens is 1. The zero-order valence-corrected chi connectivity index (χ0v) is 13.0. The number of ether oxygens (including phenoxy) is 2. The van der Waals surface area contributed by atoms with E-state index in [-0.39, 0.29) is 0 Å². The predicted octanol–water partition coefficient (Wildman–Crippen LogP) is 4.13. The lowest BCUT2D eigenvalue weighted by Gasteiger charge is -2.12. The summed E-state index contributed by atoms with van der Waals surface area (Å²) in [6.45, 7) is 3.66. The molecule has 0 radical (unpaired) electrons. The summed E-state index contributed by atoms with van der Waals surface area (Å²) in [5, 5.41) is 9.22. The van der Waals surface area contributed by atoms with Gasteiger partial charge in [0, 0.05) is 11.8 Å². The van der Waals surface area contributed by atoms with Gasteiger partial charge in [-0.25, -0.2) is 0 Å². The van der Waals surface area contributed by atoms with Crippen molar-refractivity contribution in [1.82, 2.24) is 4.98 Å². The van der Waals surface area contributed by atoms with E-state index in [1.165, 1.54) is 0 Å². The van der Waals surface area contributed by atoms with Gasteiger partial charge in [-0.2, -0.15) is 5.26 Å². The molecule has 1 aromatic carbocycles. The summed E-state index contributed by atoms with van der Waals surface area (Å²) < 4.78 is 11.7. The first-order chi connectivity index (χ1) is 9.55. The minimum absolute atomic E-state index is 0.443. The Bertz CT molecular complexity index is 693. The molecule has 0 N–H and O–H groups in total. The van der Waals surface area contributed by atoms with E-state index in [1.54, 1.807) is 32.2 Å². The number of nitriles is 1. The molecule has 0 aliphatic heterocycles. The van der Waals surface area contributed by atoms with Gasteiger partial charge in [0.15, 0.2) is 0 Å². The molecule has 1 aromatic heterocycles. The number of hydrogen-bond donors (Lipinski definition) is 0. The predicted molar refractivity (Wildman–Crippen MR) is 79.2 cm³/mol. The minimum atomic E-state index is 0.443. The molecule has 0 fully saturated rings. The number of methoxy groups -OCH3 is 1. The van der Waals surface area contributed by atoms with Crippen molar-refractivity contribution >= 4 is 15.9 Å². The summed E-state index contributed by atoms with van der Waals surface area (Å²) in [5.74, 6) is 1.85. The Morgan fingerprint density at radius 1 is 1.20 bits per heavy atom. The van der Waals surface area contributed by atoms with Gasteiger partial charge in [0.2, 0.25) is 0 Å². The molecule has 0 amide bonds. The van der Waals surface area contributed by atoms with Gasteiger partial charge in [0.05, 0.1) is 17.3 Å². The maximum Gasteiger partial charge on any atom is 0.148 e. The molecule has 1 heterocycles. The van der Waals surface area contributed by atoms with Gasteiger partial charge in [-0.05, 0) is 48.0 Å². The normalized spacial score (nSPS) is 9.95. The van der Waals surface area contributed by atoms with Crippen molar-refractivity contribution in [3.8, 4) is 23.3 Å². The van der Waals surface area contributed by atoms with Crippen LogP contribution in [0.15, 0.2) is 28.7 Å². The number of hydrogen-bond acceptors (Lipinski definition) is 4. The zero-order valence-electron chi connectivity index (χ0n) is 11.4. The van der Waals surface area contributed by atoms with Crippen LogP contribution in [-0.2, 0) is 0 Å². The highest BCUT2D eigenvalue weighted by molar-refractivity contribution is 9.10. The van der Waals surface area contributed by atoms with Crippen molar-refractivity contribution in [2.45, 2.75) is 13.8 Å². The van der Waals surface area contributed by atoms with E-state index >= 15 is 0 Å². The van der Waals surface area contributed by atoms with Crippen molar-refractivity contribution in [3.05, 3.63) is 45.7 Å². The minimum Gasteiger partial charge on any atom is -0.497 e. The summed E-state index contributed by atoms with van der Waals surface area (Å²) in [4.78, 5) is 4.26. The van der Waals surface area contributed by atoms with Crippen LogP contribution < -0.4 is 9.47 Å². The molecular weight excluding hydrogens is 320 g/mol. The third-order valence-electron chi connectivity index (χ3n) is 2.76. The standard InChI is InChI=1S/C15H13BrN2O2/c1-9-6-15(12(8-17)10(2)18-9)20-14-5-4-11(19-3)7-13(14)16/h4-7H,1-3H3. The van der Waals surface area contributed by atoms with E-state index in [4.69, 9.17) is 9.47 Å². The fraction of sp³-hybridized carbons (Fsp3) is 0.200. The Hall–Kier alpha value is -2.06. The Morgan fingerprint density at radius 3 is 2.55 bits per heavy atom. The number of aromatic nitrogens is 1. The van der Waals surface area contributed by atoms with Crippen LogP contribution in [0.4, 0.5) is 0 Å². The van der Waals surface area contributed by atoms with Crippen molar-refractivity contribution in [2.75, 3.05) is 7.11 Å². The molecule has 5 heteroatoms. The second-order valence-corrected chi connectivity index (χ2v) is 5.09.